The van der Waals surface area contributed by atoms with Crippen LogP contribution in [0.5, 0.6) is 11.5 Å². The minimum atomic E-state index is -0.697. The van der Waals surface area contributed by atoms with Gasteiger partial charge in [-0.25, -0.2) is 0 Å². The van der Waals surface area contributed by atoms with Crippen molar-refractivity contribution in [3.05, 3.63) is 64.7 Å². The van der Waals surface area contributed by atoms with E-state index >= 15 is 0 Å². The van der Waals surface area contributed by atoms with E-state index in [1.807, 2.05) is 57.2 Å². The zero-order chi connectivity index (χ0) is 25.9. The van der Waals surface area contributed by atoms with Crippen LogP contribution < -0.4 is 9.47 Å². The largest absolute Gasteiger partial charge is 0.507 e. The standard InChI is InChI=1S/C29H37NO5/c1-8-9-16-30-25(19-10-13-21(14-11-19)35-18(2)3)24(27(32)28(30)33)26(31)22-17-20(29(4,5)6)12-15-23(22)34-7/h10-15,17-18,25,31H,8-9,16H2,1-7H3/b26-24+. The Labute approximate surface area is 208 Å². The van der Waals surface area contributed by atoms with Gasteiger partial charge in [0.25, 0.3) is 11.7 Å². The monoisotopic (exact) mass is 479 g/mol. The van der Waals surface area contributed by atoms with Crippen molar-refractivity contribution >= 4 is 17.4 Å². The molecule has 3 rings (SSSR count). The van der Waals surface area contributed by atoms with E-state index in [1.165, 1.54) is 7.11 Å². The van der Waals surface area contributed by atoms with Crippen molar-refractivity contribution in [1.82, 2.24) is 4.90 Å². The lowest BCUT2D eigenvalue weighted by atomic mass is 9.85. The Balaban J connectivity index is 2.20. The average molecular weight is 480 g/mol. The van der Waals surface area contributed by atoms with Crippen LogP contribution in [0.25, 0.3) is 5.76 Å². The Hall–Kier alpha value is -3.28. The molecule has 6 nitrogen and oxygen atoms in total. The number of methoxy groups -OCH3 is 1. The molecule has 0 spiro atoms. The smallest absolute Gasteiger partial charge is 0.295 e. The molecule has 2 aromatic carbocycles. The van der Waals surface area contributed by atoms with E-state index in [0.29, 0.717) is 23.6 Å². The molecule has 2 aromatic rings. The first-order valence-electron chi connectivity index (χ1n) is 12.2. The molecule has 188 valence electrons. The number of Topliss-reactive ketones (excluding diaryl/α,β-unsaturated/α-hetero) is 1. The first-order valence-corrected chi connectivity index (χ1v) is 12.2. The van der Waals surface area contributed by atoms with Crippen LogP contribution >= 0.6 is 0 Å². The van der Waals surface area contributed by atoms with Crippen molar-refractivity contribution in [3.8, 4) is 11.5 Å². The first kappa shape index (κ1) is 26.3. The molecule has 0 aromatic heterocycles. The summed E-state index contributed by atoms with van der Waals surface area (Å²) >= 11 is 0. The van der Waals surface area contributed by atoms with Gasteiger partial charge in [-0.3, -0.25) is 9.59 Å². The summed E-state index contributed by atoms with van der Waals surface area (Å²) < 4.78 is 11.3. The van der Waals surface area contributed by atoms with Crippen LogP contribution in [0.4, 0.5) is 0 Å². The molecule has 1 N–H and O–H groups in total. The summed E-state index contributed by atoms with van der Waals surface area (Å²) in [7, 11) is 1.52. The van der Waals surface area contributed by atoms with Gasteiger partial charge < -0.3 is 19.5 Å². The zero-order valence-electron chi connectivity index (χ0n) is 21.8. The van der Waals surface area contributed by atoms with Gasteiger partial charge in [0, 0.05) is 6.54 Å². The Morgan fingerprint density at radius 2 is 1.74 bits per heavy atom. The summed E-state index contributed by atoms with van der Waals surface area (Å²) in [6, 6.07) is 12.2. The van der Waals surface area contributed by atoms with Crippen molar-refractivity contribution in [2.75, 3.05) is 13.7 Å². The number of nitrogens with zero attached hydrogens (tertiary/aromatic N) is 1. The second kappa shape index (κ2) is 10.5. The van der Waals surface area contributed by atoms with Crippen LogP contribution in [0.15, 0.2) is 48.0 Å². The maximum atomic E-state index is 13.3. The molecule has 1 aliphatic rings. The summed E-state index contributed by atoms with van der Waals surface area (Å²) in [4.78, 5) is 28.0. The number of aliphatic hydroxyl groups excluding tert-OH is 1. The van der Waals surface area contributed by atoms with Gasteiger partial charge >= 0.3 is 0 Å². The fourth-order valence-corrected chi connectivity index (χ4v) is 4.29. The Kier molecular flexibility index (Phi) is 7.93. The second-order valence-corrected chi connectivity index (χ2v) is 10.2. The van der Waals surface area contributed by atoms with E-state index in [1.54, 1.807) is 11.0 Å². The van der Waals surface area contributed by atoms with Gasteiger partial charge in [-0.05, 0) is 61.1 Å². The molecule has 6 heteroatoms. The third-order valence-electron chi connectivity index (χ3n) is 6.18. The van der Waals surface area contributed by atoms with Gasteiger partial charge in [-0.2, -0.15) is 0 Å². The van der Waals surface area contributed by atoms with Crippen molar-refractivity contribution < 1.29 is 24.2 Å². The summed E-state index contributed by atoms with van der Waals surface area (Å²) in [6.45, 7) is 12.6. The number of carbonyl (C=O) groups is 2. The topological polar surface area (TPSA) is 76.1 Å². The molecular formula is C29H37NO5. The zero-order valence-corrected chi connectivity index (χ0v) is 21.8. The normalized spacial score (nSPS) is 17.8. The van der Waals surface area contributed by atoms with Crippen LogP contribution in [0.1, 0.15) is 77.1 Å². The molecule has 35 heavy (non-hydrogen) atoms. The van der Waals surface area contributed by atoms with Crippen LogP contribution in [0.3, 0.4) is 0 Å². The number of likely N-dealkylation sites (tertiary alicyclic amines) is 1. The lowest BCUT2D eigenvalue weighted by Crippen LogP contribution is -2.30. The number of hydrogen-bond acceptors (Lipinski definition) is 5. The molecule has 1 aliphatic heterocycles. The summed E-state index contributed by atoms with van der Waals surface area (Å²) in [6.07, 6.45) is 1.65. The quantitative estimate of drug-likeness (QED) is 0.285. The van der Waals surface area contributed by atoms with Crippen LogP contribution in [0.2, 0.25) is 0 Å². The number of unbranched alkanes of at least 4 members (excludes halogenated alkanes) is 1. The molecule has 1 saturated heterocycles. The molecule has 0 radical (unpaired) electrons. The van der Waals surface area contributed by atoms with E-state index in [2.05, 4.69) is 20.8 Å². The highest BCUT2D eigenvalue weighted by atomic mass is 16.5. The van der Waals surface area contributed by atoms with Crippen molar-refractivity contribution in [2.45, 2.75) is 71.9 Å². The Bertz CT molecular complexity index is 1110. The lowest BCUT2D eigenvalue weighted by molar-refractivity contribution is -0.139. The van der Waals surface area contributed by atoms with Gasteiger partial charge in [-0.1, -0.05) is 52.3 Å². The molecule has 1 atom stereocenters. The number of ketones is 1. The minimum Gasteiger partial charge on any atom is -0.507 e. The number of hydrogen-bond donors (Lipinski definition) is 1. The third kappa shape index (κ3) is 5.53. The van der Waals surface area contributed by atoms with Gasteiger partial charge in [0.15, 0.2) is 0 Å². The maximum Gasteiger partial charge on any atom is 0.295 e. The third-order valence-corrected chi connectivity index (χ3v) is 6.18. The van der Waals surface area contributed by atoms with Crippen molar-refractivity contribution in [3.63, 3.8) is 0 Å². The average Bonchev–Trinajstić information content (AvgIpc) is 3.06. The number of benzene rings is 2. The van der Waals surface area contributed by atoms with E-state index in [4.69, 9.17) is 9.47 Å². The summed E-state index contributed by atoms with van der Waals surface area (Å²) in [5, 5.41) is 11.5. The molecule has 0 bridgehead atoms. The number of carbonyl (C=O) groups excluding carboxylic acids is 2. The maximum absolute atomic E-state index is 13.3. The number of rotatable bonds is 8. The van der Waals surface area contributed by atoms with Crippen molar-refractivity contribution in [1.29, 1.82) is 0 Å². The first-order chi connectivity index (χ1) is 16.5. The molecule has 1 heterocycles. The highest BCUT2D eigenvalue weighted by Gasteiger charge is 2.46. The fraction of sp³-hybridized carbons (Fsp3) is 0.448. The number of amides is 1. The predicted octanol–water partition coefficient (Wildman–Crippen LogP) is 6.00. The highest BCUT2D eigenvalue weighted by molar-refractivity contribution is 6.46. The van der Waals surface area contributed by atoms with Gasteiger partial charge in [0.05, 0.1) is 30.4 Å². The highest BCUT2D eigenvalue weighted by Crippen LogP contribution is 2.42. The Morgan fingerprint density at radius 1 is 1.09 bits per heavy atom. The molecule has 1 unspecified atom stereocenters. The fourth-order valence-electron chi connectivity index (χ4n) is 4.29. The molecular weight excluding hydrogens is 442 g/mol. The van der Waals surface area contributed by atoms with E-state index in [0.717, 1.165) is 24.0 Å². The SMILES string of the molecule is CCCCN1C(=O)C(=O)/C(=C(/O)c2cc(C(C)(C)C)ccc2OC)C1c1ccc(OC(C)C)cc1. The number of aliphatic hydroxyl groups is 1. The molecule has 0 aliphatic carbocycles. The van der Waals surface area contributed by atoms with Crippen LogP contribution in [-0.2, 0) is 15.0 Å². The van der Waals surface area contributed by atoms with E-state index in [-0.39, 0.29) is 22.9 Å². The molecule has 0 saturated carbocycles. The predicted molar refractivity (Wildman–Crippen MR) is 138 cm³/mol. The molecule has 1 amide bonds. The summed E-state index contributed by atoms with van der Waals surface area (Å²) in [5.74, 6) is -0.367. The minimum absolute atomic E-state index is 0.0265. The van der Waals surface area contributed by atoms with Crippen LogP contribution in [0, 0.1) is 0 Å². The molecule has 1 fully saturated rings. The van der Waals surface area contributed by atoms with Crippen LogP contribution in [-0.4, -0.2) is 41.5 Å². The Morgan fingerprint density at radius 3 is 2.29 bits per heavy atom. The number of ether oxygens (including phenoxy) is 2. The van der Waals surface area contributed by atoms with Gasteiger partial charge in [0.1, 0.15) is 17.3 Å². The summed E-state index contributed by atoms with van der Waals surface area (Å²) in [5.41, 5.74) is 2.02. The second-order valence-electron chi connectivity index (χ2n) is 10.2. The van der Waals surface area contributed by atoms with Gasteiger partial charge in [-0.15, -0.1) is 0 Å². The van der Waals surface area contributed by atoms with Gasteiger partial charge in [0.2, 0.25) is 0 Å². The lowest BCUT2D eigenvalue weighted by Gasteiger charge is -2.26. The van der Waals surface area contributed by atoms with E-state index < -0.39 is 17.7 Å². The van der Waals surface area contributed by atoms with E-state index in [9.17, 15) is 14.7 Å². The van der Waals surface area contributed by atoms with Crippen molar-refractivity contribution in [2.24, 2.45) is 0 Å².